The summed E-state index contributed by atoms with van der Waals surface area (Å²) in [5, 5.41) is 0. The van der Waals surface area contributed by atoms with Crippen LogP contribution in [-0.4, -0.2) is 30.8 Å². The van der Waals surface area contributed by atoms with Gasteiger partial charge in [0.05, 0.1) is 6.04 Å². The minimum atomic E-state index is 0.0787. The van der Waals surface area contributed by atoms with E-state index in [0.717, 1.165) is 0 Å². The van der Waals surface area contributed by atoms with Gasteiger partial charge in [-0.05, 0) is 21.0 Å². The maximum absolute atomic E-state index is 10.9. The Kier molecular flexibility index (Phi) is 3.47. The van der Waals surface area contributed by atoms with E-state index in [0.29, 0.717) is 12.2 Å². The molecule has 0 aliphatic heterocycles. The van der Waals surface area contributed by atoms with Gasteiger partial charge in [0.1, 0.15) is 5.78 Å². The number of rotatable bonds is 3. The molecule has 0 aromatic carbocycles. The fraction of sp³-hybridized carbons (Fsp3) is 0.857. The average molecular weight is 129 g/mol. The summed E-state index contributed by atoms with van der Waals surface area (Å²) in [6.07, 6.45) is 0.638. The molecule has 0 aromatic heterocycles. The Bertz CT molecular complexity index is 99.1. The van der Waals surface area contributed by atoms with E-state index in [2.05, 4.69) is 0 Å². The zero-order valence-electron chi connectivity index (χ0n) is 6.64. The molecule has 0 aliphatic rings. The van der Waals surface area contributed by atoms with Gasteiger partial charge in [-0.1, -0.05) is 6.92 Å². The molecule has 0 aliphatic carbocycles. The third kappa shape index (κ3) is 2.61. The lowest BCUT2D eigenvalue weighted by Crippen LogP contribution is -2.32. The minimum Gasteiger partial charge on any atom is -0.300 e. The summed E-state index contributed by atoms with van der Waals surface area (Å²) in [5.41, 5.74) is 0. The first-order chi connectivity index (χ1) is 4.09. The van der Waals surface area contributed by atoms with Crippen LogP contribution in [0, 0.1) is 0 Å². The molecule has 0 rings (SSSR count). The van der Waals surface area contributed by atoms with Gasteiger partial charge in [0.2, 0.25) is 0 Å². The van der Waals surface area contributed by atoms with Crippen molar-refractivity contribution in [1.82, 2.24) is 4.90 Å². The van der Waals surface area contributed by atoms with Gasteiger partial charge in [-0.2, -0.15) is 0 Å². The van der Waals surface area contributed by atoms with Crippen LogP contribution in [0.1, 0.15) is 20.3 Å². The van der Waals surface area contributed by atoms with Gasteiger partial charge in [0.25, 0.3) is 0 Å². The average Bonchev–Trinajstić information content (AvgIpc) is 1.84. The molecule has 0 saturated heterocycles. The molecule has 1 atom stereocenters. The summed E-state index contributed by atoms with van der Waals surface area (Å²) in [6, 6.07) is 0.0787. The van der Waals surface area contributed by atoms with Crippen molar-refractivity contribution in [2.24, 2.45) is 0 Å². The summed E-state index contributed by atoms with van der Waals surface area (Å²) >= 11 is 0. The number of ketones is 1. The predicted octanol–water partition coefficient (Wildman–Crippen LogP) is 0.916. The summed E-state index contributed by atoms with van der Waals surface area (Å²) in [7, 11) is 3.83. The van der Waals surface area contributed by atoms with Gasteiger partial charge in [-0.15, -0.1) is 0 Å². The molecule has 2 heteroatoms. The first kappa shape index (κ1) is 8.63. The number of hydrogen-bond donors (Lipinski definition) is 0. The molecule has 9 heavy (non-hydrogen) atoms. The highest BCUT2D eigenvalue weighted by Crippen LogP contribution is 1.95. The normalized spacial score (nSPS) is 13.9. The minimum absolute atomic E-state index is 0.0787. The highest BCUT2D eigenvalue weighted by atomic mass is 16.1. The van der Waals surface area contributed by atoms with Crippen molar-refractivity contribution in [3.63, 3.8) is 0 Å². The van der Waals surface area contributed by atoms with Crippen molar-refractivity contribution in [2.45, 2.75) is 26.3 Å². The van der Waals surface area contributed by atoms with Gasteiger partial charge >= 0.3 is 0 Å². The van der Waals surface area contributed by atoms with E-state index in [1.165, 1.54) is 0 Å². The standard InChI is InChI=1S/C7H15NO/c1-5-7(9)6(2)8(3)4/h6H,5H2,1-4H3. The molecule has 0 aromatic rings. The summed E-state index contributed by atoms with van der Waals surface area (Å²) < 4.78 is 0. The third-order valence-corrected chi connectivity index (χ3v) is 1.59. The predicted molar refractivity (Wildman–Crippen MR) is 38.4 cm³/mol. The monoisotopic (exact) mass is 129 g/mol. The number of nitrogens with zero attached hydrogens (tertiary/aromatic N) is 1. The van der Waals surface area contributed by atoms with Crippen LogP contribution in [0.4, 0.5) is 0 Å². The lowest BCUT2D eigenvalue weighted by atomic mass is 10.1. The fourth-order valence-electron chi connectivity index (χ4n) is 0.583. The molecular formula is C7H15NO. The second-order valence-electron chi connectivity index (χ2n) is 2.46. The zero-order valence-corrected chi connectivity index (χ0v) is 6.64. The molecule has 0 N–H and O–H groups in total. The SMILES string of the molecule is CCC(=O)C(C)N(C)C. The van der Waals surface area contributed by atoms with Crippen LogP contribution >= 0.6 is 0 Å². The van der Waals surface area contributed by atoms with E-state index in [1.807, 2.05) is 32.8 Å². The molecule has 1 unspecified atom stereocenters. The number of likely N-dealkylation sites (N-methyl/N-ethyl adjacent to an activating group) is 1. The zero-order chi connectivity index (χ0) is 7.44. The van der Waals surface area contributed by atoms with Crippen molar-refractivity contribution < 1.29 is 4.79 Å². The van der Waals surface area contributed by atoms with E-state index in [9.17, 15) is 4.79 Å². The Morgan fingerprint density at radius 3 is 2.11 bits per heavy atom. The Balaban J connectivity index is 3.72. The van der Waals surface area contributed by atoms with E-state index >= 15 is 0 Å². The maximum Gasteiger partial charge on any atom is 0.149 e. The van der Waals surface area contributed by atoms with Crippen LogP contribution in [0.2, 0.25) is 0 Å². The van der Waals surface area contributed by atoms with Gasteiger partial charge in [0.15, 0.2) is 0 Å². The Labute approximate surface area is 56.9 Å². The highest BCUT2D eigenvalue weighted by molar-refractivity contribution is 5.83. The van der Waals surface area contributed by atoms with E-state index in [4.69, 9.17) is 0 Å². The van der Waals surface area contributed by atoms with Crippen molar-refractivity contribution in [3.8, 4) is 0 Å². The lowest BCUT2D eigenvalue weighted by molar-refractivity contribution is -0.122. The summed E-state index contributed by atoms with van der Waals surface area (Å²) in [6.45, 7) is 3.81. The molecule has 0 amide bonds. The van der Waals surface area contributed by atoms with Crippen LogP contribution in [0.3, 0.4) is 0 Å². The largest absolute Gasteiger partial charge is 0.300 e. The lowest BCUT2D eigenvalue weighted by Gasteiger charge is -2.16. The number of carbonyl (C=O) groups excluding carboxylic acids is 1. The summed E-state index contributed by atoms with van der Waals surface area (Å²) in [4.78, 5) is 12.8. The smallest absolute Gasteiger partial charge is 0.149 e. The molecular weight excluding hydrogens is 114 g/mol. The van der Waals surface area contributed by atoms with Crippen LogP contribution in [0.5, 0.6) is 0 Å². The number of carbonyl (C=O) groups is 1. The van der Waals surface area contributed by atoms with E-state index in [1.54, 1.807) is 0 Å². The maximum atomic E-state index is 10.9. The second kappa shape index (κ2) is 3.62. The second-order valence-corrected chi connectivity index (χ2v) is 2.46. The van der Waals surface area contributed by atoms with Crippen molar-refractivity contribution in [2.75, 3.05) is 14.1 Å². The van der Waals surface area contributed by atoms with Crippen LogP contribution < -0.4 is 0 Å². The van der Waals surface area contributed by atoms with Crippen LogP contribution in [0.25, 0.3) is 0 Å². The molecule has 0 radical (unpaired) electrons. The van der Waals surface area contributed by atoms with Crippen LogP contribution in [0.15, 0.2) is 0 Å². The first-order valence-electron chi connectivity index (χ1n) is 3.28. The van der Waals surface area contributed by atoms with Crippen molar-refractivity contribution in [1.29, 1.82) is 0 Å². The van der Waals surface area contributed by atoms with Crippen LogP contribution in [-0.2, 0) is 4.79 Å². The van der Waals surface area contributed by atoms with Gasteiger partial charge in [0, 0.05) is 6.42 Å². The molecule has 0 spiro atoms. The fourth-order valence-corrected chi connectivity index (χ4v) is 0.583. The first-order valence-corrected chi connectivity index (χ1v) is 3.28. The van der Waals surface area contributed by atoms with Gasteiger partial charge in [-0.3, -0.25) is 9.69 Å². The Morgan fingerprint density at radius 2 is 2.00 bits per heavy atom. The molecule has 0 bridgehead atoms. The molecule has 0 heterocycles. The Morgan fingerprint density at radius 1 is 1.56 bits per heavy atom. The van der Waals surface area contributed by atoms with Gasteiger partial charge in [-0.25, -0.2) is 0 Å². The molecule has 2 nitrogen and oxygen atoms in total. The molecule has 54 valence electrons. The number of Topliss-reactive ketones (excluding diaryl/α,β-unsaturated/α-hetero) is 1. The van der Waals surface area contributed by atoms with Gasteiger partial charge < -0.3 is 0 Å². The van der Waals surface area contributed by atoms with Crippen molar-refractivity contribution in [3.05, 3.63) is 0 Å². The quantitative estimate of drug-likeness (QED) is 0.564. The molecule has 0 fully saturated rings. The Hall–Kier alpha value is -0.370. The summed E-state index contributed by atoms with van der Waals surface area (Å²) in [5.74, 6) is 0.306. The number of hydrogen-bond acceptors (Lipinski definition) is 2. The van der Waals surface area contributed by atoms with Crippen molar-refractivity contribution >= 4 is 5.78 Å². The van der Waals surface area contributed by atoms with E-state index < -0.39 is 0 Å². The van der Waals surface area contributed by atoms with E-state index in [-0.39, 0.29) is 6.04 Å². The third-order valence-electron chi connectivity index (χ3n) is 1.59. The molecule has 0 saturated carbocycles. The highest BCUT2D eigenvalue weighted by Gasteiger charge is 2.11. The topological polar surface area (TPSA) is 20.3 Å².